The van der Waals surface area contributed by atoms with Gasteiger partial charge in [-0.3, -0.25) is 0 Å². The third-order valence-corrected chi connectivity index (χ3v) is 4.59. The average Bonchev–Trinajstić information content (AvgIpc) is 2.68. The molecule has 0 aromatic carbocycles. The molecule has 1 aliphatic heterocycles. The van der Waals surface area contributed by atoms with E-state index in [2.05, 4.69) is 16.0 Å². The number of amides is 1. The first-order valence-corrected chi connectivity index (χ1v) is 8.87. The number of rotatable bonds is 4. The lowest BCUT2D eigenvalue weighted by atomic mass is 10.0. The predicted molar refractivity (Wildman–Crippen MR) is 89.0 cm³/mol. The van der Waals surface area contributed by atoms with Gasteiger partial charge in [-0.1, -0.05) is 6.42 Å². The first kappa shape index (κ1) is 17.5. The summed E-state index contributed by atoms with van der Waals surface area (Å²) < 4.78 is 5.32. The Kier molecular flexibility index (Phi) is 6.50. The van der Waals surface area contributed by atoms with Crippen LogP contribution in [-0.4, -0.2) is 43.4 Å². The molecule has 22 heavy (non-hydrogen) atoms. The van der Waals surface area contributed by atoms with Crippen molar-refractivity contribution in [2.45, 2.75) is 77.0 Å². The molecule has 0 spiro atoms. The molecule has 0 bridgehead atoms. The number of ether oxygens (including phenoxy) is 1. The molecule has 1 heterocycles. The van der Waals surface area contributed by atoms with Crippen molar-refractivity contribution in [3.05, 3.63) is 0 Å². The highest BCUT2D eigenvalue weighted by atomic mass is 16.6. The Bertz CT molecular complexity index is 346. The average molecular weight is 311 g/mol. The van der Waals surface area contributed by atoms with Gasteiger partial charge in [-0.25, -0.2) is 4.79 Å². The fraction of sp³-hybridized carbons (Fsp3) is 0.941. The normalized spacial score (nSPS) is 29.9. The molecule has 3 unspecified atom stereocenters. The first-order valence-electron chi connectivity index (χ1n) is 8.87. The lowest BCUT2D eigenvalue weighted by molar-refractivity contribution is 0.0517. The van der Waals surface area contributed by atoms with Crippen LogP contribution >= 0.6 is 0 Å². The van der Waals surface area contributed by atoms with Crippen LogP contribution in [0.4, 0.5) is 4.79 Å². The summed E-state index contributed by atoms with van der Waals surface area (Å²) in [5.74, 6) is 0.531. The first-order chi connectivity index (χ1) is 10.4. The smallest absolute Gasteiger partial charge is 0.407 e. The van der Waals surface area contributed by atoms with Crippen LogP contribution in [0, 0.1) is 5.92 Å². The molecule has 1 amide bonds. The van der Waals surface area contributed by atoms with Crippen LogP contribution in [0.1, 0.15) is 59.3 Å². The van der Waals surface area contributed by atoms with Crippen LogP contribution in [0.2, 0.25) is 0 Å². The van der Waals surface area contributed by atoms with Crippen molar-refractivity contribution in [3.63, 3.8) is 0 Å². The van der Waals surface area contributed by atoms with E-state index in [1.165, 1.54) is 38.5 Å². The minimum Gasteiger partial charge on any atom is -0.444 e. The minimum atomic E-state index is -0.426. The summed E-state index contributed by atoms with van der Waals surface area (Å²) in [5, 5.41) is 10.3. The molecule has 5 heteroatoms. The van der Waals surface area contributed by atoms with Gasteiger partial charge in [-0.05, 0) is 71.9 Å². The van der Waals surface area contributed by atoms with Gasteiger partial charge in [0.05, 0.1) is 0 Å². The highest BCUT2D eigenvalue weighted by Crippen LogP contribution is 2.26. The summed E-state index contributed by atoms with van der Waals surface area (Å²) in [5.41, 5.74) is -0.426. The second-order valence-corrected chi connectivity index (χ2v) is 7.72. The van der Waals surface area contributed by atoms with Crippen LogP contribution in [0.15, 0.2) is 0 Å². The Morgan fingerprint density at radius 3 is 2.73 bits per heavy atom. The minimum absolute atomic E-state index is 0.295. The van der Waals surface area contributed by atoms with Crippen LogP contribution in [-0.2, 0) is 4.74 Å². The molecule has 1 aliphatic carbocycles. The van der Waals surface area contributed by atoms with Gasteiger partial charge < -0.3 is 20.7 Å². The zero-order valence-electron chi connectivity index (χ0n) is 14.4. The number of hydrogen-bond donors (Lipinski definition) is 3. The van der Waals surface area contributed by atoms with E-state index in [0.717, 1.165) is 19.6 Å². The quantitative estimate of drug-likeness (QED) is 0.746. The number of nitrogens with one attached hydrogen (secondary N) is 3. The second-order valence-electron chi connectivity index (χ2n) is 7.72. The van der Waals surface area contributed by atoms with E-state index in [-0.39, 0.29) is 6.09 Å². The zero-order valence-corrected chi connectivity index (χ0v) is 14.4. The number of carbonyl (C=O) groups excluding carboxylic acids is 1. The molecule has 0 aromatic heterocycles. The monoisotopic (exact) mass is 311 g/mol. The SMILES string of the molecule is CC(C)(C)OC(=O)NCC1CCCC1NC1CCCNCC1. The standard InChI is InChI=1S/C17H33N3O2/c1-17(2,3)22-16(21)19-12-13-6-4-8-15(13)20-14-7-5-10-18-11-9-14/h13-15,18,20H,4-12H2,1-3H3,(H,19,21). The van der Waals surface area contributed by atoms with Crippen molar-refractivity contribution in [3.8, 4) is 0 Å². The lowest BCUT2D eigenvalue weighted by Gasteiger charge is -2.27. The van der Waals surface area contributed by atoms with E-state index in [1.54, 1.807) is 0 Å². The second kappa shape index (κ2) is 8.16. The number of carbonyl (C=O) groups is 1. The van der Waals surface area contributed by atoms with Crippen LogP contribution in [0.25, 0.3) is 0 Å². The molecular formula is C17H33N3O2. The zero-order chi connectivity index (χ0) is 16.0. The van der Waals surface area contributed by atoms with Crippen molar-refractivity contribution in [2.24, 2.45) is 5.92 Å². The van der Waals surface area contributed by atoms with Gasteiger partial charge in [-0.15, -0.1) is 0 Å². The molecule has 0 radical (unpaired) electrons. The van der Waals surface area contributed by atoms with Crippen LogP contribution < -0.4 is 16.0 Å². The third kappa shape index (κ3) is 6.13. The fourth-order valence-electron chi connectivity index (χ4n) is 3.52. The Hall–Kier alpha value is -0.810. The molecule has 1 saturated heterocycles. The predicted octanol–water partition coefficient (Wildman–Crippen LogP) is 2.41. The van der Waals surface area contributed by atoms with Crippen molar-refractivity contribution in [1.29, 1.82) is 0 Å². The molecule has 3 atom stereocenters. The number of alkyl carbamates (subject to hydrolysis) is 1. The van der Waals surface area contributed by atoms with E-state index in [1.807, 2.05) is 20.8 Å². The molecule has 1 saturated carbocycles. The molecule has 2 fully saturated rings. The Balaban J connectivity index is 1.74. The Morgan fingerprint density at radius 2 is 1.95 bits per heavy atom. The summed E-state index contributed by atoms with van der Waals surface area (Å²) in [6.07, 6.45) is 7.10. The molecule has 3 N–H and O–H groups in total. The van der Waals surface area contributed by atoms with E-state index in [9.17, 15) is 4.79 Å². The lowest BCUT2D eigenvalue weighted by Crippen LogP contribution is -2.44. The maximum atomic E-state index is 11.8. The summed E-state index contributed by atoms with van der Waals surface area (Å²) in [6.45, 7) is 8.67. The molecular weight excluding hydrogens is 278 g/mol. The third-order valence-electron chi connectivity index (χ3n) is 4.59. The van der Waals surface area contributed by atoms with Gasteiger partial charge in [-0.2, -0.15) is 0 Å². The highest BCUT2D eigenvalue weighted by molar-refractivity contribution is 5.67. The summed E-state index contributed by atoms with van der Waals surface area (Å²) in [4.78, 5) is 11.8. The molecule has 0 aromatic rings. The van der Waals surface area contributed by atoms with Gasteiger partial charge in [0.25, 0.3) is 0 Å². The maximum absolute atomic E-state index is 11.8. The Morgan fingerprint density at radius 1 is 1.14 bits per heavy atom. The topological polar surface area (TPSA) is 62.4 Å². The van der Waals surface area contributed by atoms with Crippen molar-refractivity contribution in [2.75, 3.05) is 19.6 Å². The largest absolute Gasteiger partial charge is 0.444 e. The van der Waals surface area contributed by atoms with Crippen molar-refractivity contribution < 1.29 is 9.53 Å². The molecule has 2 aliphatic rings. The highest BCUT2D eigenvalue weighted by Gasteiger charge is 2.29. The van der Waals surface area contributed by atoms with Gasteiger partial charge in [0, 0.05) is 18.6 Å². The number of hydrogen-bond acceptors (Lipinski definition) is 4. The van der Waals surface area contributed by atoms with E-state index in [0.29, 0.717) is 18.0 Å². The molecule has 128 valence electrons. The summed E-state index contributed by atoms with van der Waals surface area (Å²) >= 11 is 0. The van der Waals surface area contributed by atoms with Gasteiger partial charge in [0.1, 0.15) is 5.60 Å². The van der Waals surface area contributed by atoms with Crippen LogP contribution in [0.5, 0.6) is 0 Å². The molecule has 5 nitrogen and oxygen atoms in total. The molecule has 2 rings (SSSR count). The summed E-state index contributed by atoms with van der Waals surface area (Å²) in [6, 6.07) is 1.17. The van der Waals surface area contributed by atoms with E-state index >= 15 is 0 Å². The van der Waals surface area contributed by atoms with Gasteiger partial charge in [0.2, 0.25) is 0 Å². The summed E-state index contributed by atoms with van der Waals surface area (Å²) in [7, 11) is 0. The van der Waals surface area contributed by atoms with E-state index < -0.39 is 5.60 Å². The van der Waals surface area contributed by atoms with Crippen LogP contribution in [0.3, 0.4) is 0 Å². The van der Waals surface area contributed by atoms with Crippen molar-refractivity contribution >= 4 is 6.09 Å². The van der Waals surface area contributed by atoms with Gasteiger partial charge in [0.15, 0.2) is 0 Å². The van der Waals surface area contributed by atoms with Crippen molar-refractivity contribution in [1.82, 2.24) is 16.0 Å². The Labute approximate surface area is 134 Å². The maximum Gasteiger partial charge on any atom is 0.407 e. The van der Waals surface area contributed by atoms with E-state index in [4.69, 9.17) is 4.74 Å². The van der Waals surface area contributed by atoms with Gasteiger partial charge >= 0.3 is 6.09 Å². The fourth-order valence-corrected chi connectivity index (χ4v) is 3.52.